The van der Waals surface area contributed by atoms with Gasteiger partial charge in [-0.25, -0.2) is 4.39 Å². The van der Waals surface area contributed by atoms with Crippen LogP contribution in [0.25, 0.3) is 5.69 Å². The molecule has 0 bridgehead atoms. The first kappa shape index (κ1) is 15.7. The first-order valence-electron chi connectivity index (χ1n) is 7.30. The van der Waals surface area contributed by atoms with Gasteiger partial charge in [-0.2, -0.15) is 0 Å². The number of para-hydroxylation sites is 2. The van der Waals surface area contributed by atoms with Crippen LogP contribution in [0.2, 0.25) is 0 Å². The lowest BCUT2D eigenvalue weighted by Crippen LogP contribution is -2.40. The Morgan fingerprint density at radius 2 is 1.67 bits per heavy atom. The number of hydrogen-bond donors (Lipinski definition) is 0. The van der Waals surface area contributed by atoms with Gasteiger partial charge in [-0.05, 0) is 18.2 Å². The maximum Gasteiger partial charge on any atom is 0.321 e. The van der Waals surface area contributed by atoms with Gasteiger partial charge in [0.2, 0.25) is 0 Å². The first-order valence-corrected chi connectivity index (χ1v) is 7.30. The number of aromatic nitrogens is 2. The molecule has 0 fully saturated rings. The molecule has 122 valence electrons. The van der Waals surface area contributed by atoms with Crippen LogP contribution < -0.4 is 15.9 Å². The van der Waals surface area contributed by atoms with Crippen molar-refractivity contribution in [3.05, 3.63) is 93.0 Å². The number of halogens is 1. The van der Waals surface area contributed by atoms with Gasteiger partial charge in [0.1, 0.15) is 11.6 Å². The molecule has 5 nitrogen and oxygen atoms in total. The van der Waals surface area contributed by atoms with Crippen molar-refractivity contribution in [3.8, 4) is 11.4 Å². The Morgan fingerprint density at radius 3 is 2.42 bits per heavy atom. The molecule has 0 radical (unpaired) electrons. The fourth-order valence-corrected chi connectivity index (χ4v) is 2.46. The minimum atomic E-state index is -0.730. The van der Waals surface area contributed by atoms with E-state index in [2.05, 4.69) is 0 Å². The first-order chi connectivity index (χ1) is 11.6. The van der Waals surface area contributed by atoms with Crippen molar-refractivity contribution in [1.82, 2.24) is 9.13 Å². The molecule has 3 aromatic rings. The van der Waals surface area contributed by atoms with Crippen LogP contribution in [0, 0.1) is 5.82 Å². The number of nitrogens with zero attached hydrogens (tertiary/aromatic N) is 2. The maximum absolute atomic E-state index is 13.7. The molecule has 2 aromatic carbocycles. The van der Waals surface area contributed by atoms with E-state index in [0.717, 1.165) is 0 Å². The van der Waals surface area contributed by atoms with E-state index in [4.69, 9.17) is 4.74 Å². The van der Waals surface area contributed by atoms with Crippen molar-refractivity contribution < 1.29 is 9.13 Å². The van der Waals surface area contributed by atoms with Crippen LogP contribution >= 0.6 is 0 Å². The SMILES string of the molecule is COc1ccccc1-n1ccn(Cc2ccccc2F)c(=O)c1=O. The minimum Gasteiger partial charge on any atom is -0.495 e. The molecule has 0 saturated heterocycles. The lowest BCUT2D eigenvalue weighted by Gasteiger charge is -2.12. The lowest BCUT2D eigenvalue weighted by molar-refractivity contribution is 0.412. The summed E-state index contributed by atoms with van der Waals surface area (Å²) in [6, 6.07) is 13.0. The fourth-order valence-electron chi connectivity index (χ4n) is 2.46. The van der Waals surface area contributed by atoms with Crippen molar-refractivity contribution in [2.75, 3.05) is 7.11 Å². The maximum atomic E-state index is 13.7. The molecule has 0 aliphatic heterocycles. The van der Waals surface area contributed by atoms with Gasteiger partial charge < -0.3 is 9.30 Å². The Hall–Kier alpha value is -3.15. The third-order valence-corrected chi connectivity index (χ3v) is 3.70. The van der Waals surface area contributed by atoms with Crippen LogP contribution in [0.1, 0.15) is 5.56 Å². The van der Waals surface area contributed by atoms with Crippen molar-refractivity contribution in [2.24, 2.45) is 0 Å². The van der Waals surface area contributed by atoms with Gasteiger partial charge in [0.25, 0.3) is 0 Å². The van der Waals surface area contributed by atoms with E-state index in [1.165, 1.54) is 34.7 Å². The van der Waals surface area contributed by atoms with E-state index >= 15 is 0 Å². The zero-order valence-electron chi connectivity index (χ0n) is 13.0. The number of hydrogen-bond acceptors (Lipinski definition) is 3. The summed E-state index contributed by atoms with van der Waals surface area (Å²) in [5, 5.41) is 0. The number of benzene rings is 2. The molecule has 0 saturated carbocycles. The molecular weight excluding hydrogens is 311 g/mol. The summed E-state index contributed by atoms with van der Waals surface area (Å²) in [7, 11) is 1.49. The van der Waals surface area contributed by atoms with Gasteiger partial charge in [0, 0.05) is 18.0 Å². The average molecular weight is 326 g/mol. The van der Waals surface area contributed by atoms with Crippen LogP contribution in [0.15, 0.2) is 70.5 Å². The molecule has 0 spiro atoms. The highest BCUT2D eigenvalue weighted by Gasteiger charge is 2.11. The Kier molecular flexibility index (Phi) is 4.29. The van der Waals surface area contributed by atoms with Crippen LogP contribution in [-0.2, 0) is 6.54 Å². The van der Waals surface area contributed by atoms with E-state index in [1.807, 2.05) is 0 Å². The summed E-state index contributed by atoms with van der Waals surface area (Å²) in [5.41, 5.74) is -0.640. The number of methoxy groups -OCH3 is 1. The van der Waals surface area contributed by atoms with Gasteiger partial charge >= 0.3 is 11.1 Å². The highest BCUT2D eigenvalue weighted by atomic mass is 19.1. The zero-order valence-corrected chi connectivity index (χ0v) is 13.0. The molecule has 0 amide bonds. The Bertz CT molecular complexity index is 992. The van der Waals surface area contributed by atoms with Gasteiger partial charge in [-0.1, -0.05) is 30.3 Å². The standard InChI is InChI=1S/C18H15FN2O3/c1-24-16-9-5-4-8-15(16)21-11-10-20(17(22)18(21)23)12-13-6-2-3-7-14(13)19/h2-11H,12H2,1H3. The van der Waals surface area contributed by atoms with Gasteiger partial charge in [-0.15, -0.1) is 0 Å². The second kappa shape index (κ2) is 6.54. The van der Waals surface area contributed by atoms with Gasteiger partial charge in [0.15, 0.2) is 0 Å². The van der Waals surface area contributed by atoms with E-state index in [1.54, 1.807) is 42.5 Å². The van der Waals surface area contributed by atoms with Gasteiger partial charge in [0.05, 0.1) is 19.3 Å². The number of rotatable bonds is 4. The quantitative estimate of drug-likeness (QED) is 0.691. The molecule has 0 unspecified atom stereocenters. The van der Waals surface area contributed by atoms with Crippen molar-refractivity contribution in [1.29, 1.82) is 0 Å². The monoisotopic (exact) mass is 326 g/mol. The molecule has 6 heteroatoms. The Morgan fingerprint density at radius 1 is 0.958 bits per heavy atom. The topological polar surface area (TPSA) is 53.2 Å². The number of ether oxygens (including phenoxy) is 1. The summed E-state index contributed by atoms with van der Waals surface area (Å²) in [5.74, 6) is 0.0594. The second-order valence-electron chi connectivity index (χ2n) is 5.17. The van der Waals surface area contributed by atoms with E-state index in [-0.39, 0.29) is 6.54 Å². The molecule has 0 aliphatic carbocycles. The normalized spacial score (nSPS) is 10.6. The highest BCUT2D eigenvalue weighted by Crippen LogP contribution is 2.19. The highest BCUT2D eigenvalue weighted by molar-refractivity contribution is 5.46. The molecule has 1 heterocycles. The Balaban J connectivity index is 2.06. The van der Waals surface area contributed by atoms with E-state index < -0.39 is 16.9 Å². The summed E-state index contributed by atoms with van der Waals surface area (Å²) in [6.45, 7) is -0.00644. The minimum absolute atomic E-state index is 0.00644. The largest absolute Gasteiger partial charge is 0.495 e. The Labute approximate surface area is 137 Å². The molecule has 0 aliphatic rings. The second-order valence-corrected chi connectivity index (χ2v) is 5.17. The lowest BCUT2D eigenvalue weighted by atomic mass is 10.2. The zero-order chi connectivity index (χ0) is 17.1. The predicted octanol–water partition coefficient (Wildman–Crippen LogP) is 2.20. The molecular formula is C18H15FN2O3. The summed E-state index contributed by atoms with van der Waals surface area (Å²) in [4.78, 5) is 24.8. The fraction of sp³-hybridized carbons (Fsp3) is 0.111. The van der Waals surface area contributed by atoms with Crippen molar-refractivity contribution >= 4 is 0 Å². The summed E-state index contributed by atoms with van der Waals surface area (Å²) >= 11 is 0. The van der Waals surface area contributed by atoms with Crippen LogP contribution in [0.5, 0.6) is 5.75 Å². The van der Waals surface area contributed by atoms with Crippen molar-refractivity contribution in [3.63, 3.8) is 0 Å². The van der Waals surface area contributed by atoms with Crippen LogP contribution in [0.4, 0.5) is 4.39 Å². The molecule has 1 aromatic heterocycles. The predicted molar refractivity (Wildman–Crippen MR) is 88.4 cm³/mol. The third-order valence-electron chi connectivity index (χ3n) is 3.70. The van der Waals surface area contributed by atoms with Crippen LogP contribution in [-0.4, -0.2) is 16.2 Å². The van der Waals surface area contributed by atoms with Crippen molar-refractivity contribution in [2.45, 2.75) is 6.54 Å². The summed E-state index contributed by atoms with van der Waals surface area (Å²) < 4.78 is 21.4. The van der Waals surface area contributed by atoms with E-state index in [9.17, 15) is 14.0 Å². The summed E-state index contributed by atoms with van der Waals surface area (Å²) in [6.07, 6.45) is 2.94. The smallest absolute Gasteiger partial charge is 0.321 e. The third kappa shape index (κ3) is 2.86. The molecule has 3 rings (SSSR count). The average Bonchev–Trinajstić information content (AvgIpc) is 2.61. The van der Waals surface area contributed by atoms with Gasteiger partial charge in [-0.3, -0.25) is 14.2 Å². The van der Waals surface area contributed by atoms with E-state index in [0.29, 0.717) is 17.0 Å². The van der Waals surface area contributed by atoms with Crippen LogP contribution in [0.3, 0.4) is 0 Å². The molecule has 0 N–H and O–H groups in total. The molecule has 0 atom stereocenters. The molecule has 24 heavy (non-hydrogen) atoms.